The Kier molecular flexibility index (Phi) is 10.2. The van der Waals surface area contributed by atoms with E-state index >= 15 is 0 Å². The number of piperazine rings is 1. The second-order valence-electron chi connectivity index (χ2n) is 7.76. The Morgan fingerprint density at radius 2 is 2.00 bits per heavy atom. The first kappa shape index (κ1) is 25.3. The van der Waals surface area contributed by atoms with Crippen molar-refractivity contribution >= 4 is 5.91 Å². The minimum atomic E-state index is -0.365. The normalized spacial score (nSPS) is 19.2. The first-order valence-corrected chi connectivity index (χ1v) is 10.9. The average molecular weight is 439 g/mol. The molecule has 7 heteroatoms. The maximum Gasteiger partial charge on any atom is 0.291 e. The molecule has 2 aliphatic heterocycles. The Hall–Kier alpha value is -2.92. The van der Waals surface area contributed by atoms with Gasteiger partial charge in [0, 0.05) is 37.9 Å². The third-order valence-corrected chi connectivity index (χ3v) is 5.69. The van der Waals surface area contributed by atoms with E-state index in [0.29, 0.717) is 13.2 Å². The fraction of sp³-hybridized carbons (Fsp3) is 0.440. The molecule has 3 heterocycles. The molecule has 0 aromatic carbocycles. The van der Waals surface area contributed by atoms with E-state index in [1.165, 1.54) is 17.7 Å². The van der Waals surface area contributed by atoms with Gasteiger partial charge in [-0.25, -0.2) is 0 Å². The van der Waals surface area contributed by atoms with Crippen LogP contribution in [0.2, 0.25) is 0 Å². The fourth-order valence-electron chi connectivity index (χ4n) is 3.59. The molecule has 1 amide bonds. The van der Waals surface area contributed by atoms with Crippen molar-refractivity contribution in [3.63, 3.8) is 0 Å². The highest BCUT2D eigenvalue weighted by molar-refractivity contribution is 5.93. The number of furan rings is 1. The molecular weight excluding hydrogens is 404 g/mol. The maximum absolute atomic E-state index is 12.7. The van der Waals surface area contributed by atoms with Crippen LogP contribution >= 0.6 is 0 Å². The smallest absolute Gasteiger partial charge is 0.291 e. The van der Waals surface area contributed by atoms with E-state index in [2.05, 4.69) is 54.4 Å². The van der Waals surface area contributed by atoms with E-state index in [9.17, 15) is 4.79 Å². The zero-order valence-electron chi connectivity index (χ0n) is 19.4. The number of hydrogen-bond donors (Lipinski definition) is 1. The molecule has 0 aliphatic carbocycles. The number of likely N-dealkylation sites (N-methyl/N-ethyl adjacent to an activating group) is 1. The number of allylic oxidation sites excluding steroid dienone is 2. The maximum atomic E-state index is 12.7. The number of nitrogens with zero attached hydrogens (tertiary/aromatic N) is 3. The predicted molar refractivity (Wildman–Crippen MR) is 126 cm³/mol. The van der Waals surface area contributed by atoms with Crippen LogP contribution in [0.5, 0.6) is 0 Å². The molecule has 1 atom stereocenters. The van der Waals surface area contributed by atoms with Gasteiger partial charge in [0.2, 0.25) is 5.76 Å². The van der Waals surface area contributed by atoms with Crippen molar-refractivity contribution in [2.24, 2.45) is 0 Å². The highest BCUT2D eigenvalue weighted by atomic mass is 16.5. The largest absolute Gasteiger partial charge is 0.440 e. The lowest BCUT2D eigenvalue weighted by molar-refractivity contribution is 0.0938. The van der Waals surface area contributed by atoms with Crippen LogP contribution in [0.3, 0.4) is 0 Å². The van der Waals surface area contributed by atoms with Gasteiger partial charge in [0.1, 0.15) is 6.07 Å². The lowest BCUT2D eigenvalue weighted by Gasteiger charge is -2.35. The van der Waals surface area contributed by atoms with Crippen LogP contribution in [-0.4, -0.2) is 68.2 Å². The summed E-state index contributed by atoms with van der Waals surface area (Å²) < 4.78 is 10.7. The van der Waals surface area contributed by atoms with Gasteiger partial charge >= 0.3 is 0 Å². The van der Waals surface area contributed by atoms with Crippen molar-refractivity contribution in [3.8, 4) is 6.07 Å². The summed E-state index contributed by atoms with van der Waals surface area (Å²) in [4.78, 5) is 17.5. The number of rotatable bonds is 6. The SMILES string of the molecule is C/C(C1=CCOCC1)=C(\C=C/C(C)N1CCN(C)CC1)NC(=O)c1ccc(C#N)o1.C=C. The number of ether oxygens (including phenoxy) is 1. The monoisotopic (exact) mass is 438 g/mol. The van der Waals surface area contributed by atoms with E-state index in [1.54, 1.807) is 0 Å². The van der Waals surface area contributed by atoms with Crippen molar-refractivity contribution in [3.05, 3.63) is 71.9 Å². The van der Waals surface area contributed by atoms with Gasteiger partial charge in [0.15, 0.2) is 5.76 Å². The lowest BCUT2D eigenvalue weighted by atomic mass is 10.00. The van der Waals surface area contributed by atoms with Gasteiger partial charge in [-0.3, -0.25) is 9.69 Å². The van der Waals surface area contributed by atoms with Gasteiger partial charge in [-0.1, -0.05) is 12.2 Å². The van der Waals surface area contributed by atoms with Crippen molar-refractivity contribution < 1.29 is 13.9 Å². The molecule has 32 heavy (non-hydrogen) atoms. The Morgan fingerprint density at radius 3 is 2.59 bits per heavy atom. The van der Waals surface area contributed by atoms with Crippen LogP contribution in [-0.2, 0) is 4.74 Å². The number of carbonyl (C=O) groups excluding carboxylic acids is 1. The van der Waals surface area contributed by atoms with E-state index in [4.69, 9.17) is 14.4 Å². The second-order valence-corrected chi connectivity index (χ2v) is 7.76. The zero-order valence-corrected chi connectivity index (χ0v) is 19.4. The number of hydrogen-bond acceptors (Lipinski definition) is 6. The van der Waals surface area contributed by atoms with Crippen LogP contribution in [0.4, 0.5) is 0 Å². The molecule has 0 bridgehead atoms. The van der Waals surface area contributed by atoms with E-state index in [-0.39, 0.29) is 23.5 Å². The Balaban J connectivity index is 0.00000176. The molecule has 0 radical (unpaired) electrons. The molecule has 1 unspecified atom stereocenters. The molecule has 7 nitrogen and oxygen atoms in total. The van der Waals surface area contributed by atoms with Gasteiger partial charge < -0.3 is 19.4 Å². The topological polar surface area (TPSA) is 81.7 Å². The van der Waals surface area contributed by atoms with Crippen LogP contribution < -0.4 is 5.32 Å². The predicted octanol–water partition coefficient (Wildman–Crippen LogP) is 3.50. The third kappa shape index (κ3) is 7.06. The molecule has 1 fully saturated rings. The van der Waals surface area contributed by atoms with Crippen molar-refractivity contribution in [1.82, 2.24) is 15.1 Å². The molecule has 1 aromatic heterocycles. The van der Waals surface area contributed by atoms with Gasteiger partial charge in [-0.15, -0.1) is 13.2 Å². The summed E-state index contributed by atoms with van der Waals surface area (Å²) in [5, 5.41) is 11.9. The highest BCUT2D eigenvalue weighted by Gasteiger charge is 2.19. The minimum absolute atomic E-state index is 0.119. The van der Waals surface area contributed by atoms with Crippen molar-refractivity contribution in [1.29, 1.82) is 5.26 Å². The quantitative estimate of drug-likeness (QED) is 0.541. The summed E-state index contributed by atoms with van der Waals surface area (Å²) in [6.45, 7) is 15.6. The summed E-state index contributed by atoms with van der Waals surface area (Å²) in [7, 11) is 2.14. The summed E-state index contributed by atoms with van der Waals surface area (Å²) in [6.07, 6.45) is 6.99. The average Bonchev–Trinajstić information content (AvgIpc) is 3.33. The molecule has 172 valence electrons. The summed E-state index contributed by atoms with van der Waals surface area (Å²) in [5.41, 5.74) is 2.93. The zero-order chi connectivity index (χ0) is 23.5. The Bertz CT molecular complexity index is 899. The fourth-order valence-corrected chi connectivity index (χ4v) is 3.59. The van der Waals surface area contributed by atoms with Gasteiger partial charge in [0.25, 0.3) is 5.91 Å². The Labute approximate surface area is 191 Å². The molecule has 1 aromatic rings. The van der Waals surface area contributed by atoms with Crippen molar-refractivity contribution in [2.75, 3.05) is 46.4 Å². The lowest BCUT2D eigenvalue weighted by Crippen LogP contribution is -2.47. The number of nitrogens with one attached hydrogen (secondary N) is 1. The van der Waals surface area contributed by atoms with Crippen LogP contribution in [0, 0.1) is 11.3 Å². The highest BCUT2D eigenvalue weighted by Crippen LogP contribution is 2.21. The second kappa shape index (κ2) is 12.8. The van der Waals surface area contributed by atoms with Gasteiger partial charge in [0.05, 0.1) is 13.2 Å². The standard InChI is InChI=1S/C23H30N4O3.C2H4/c1-17(27-12-10-26(3)11-13-27)4-6-21(18(2)19-8-14-29-15-9-19)25-23(28)22-7-5-20(16-24)30-22;1-2/h4-8,17H,9-15H2,1-3H3,(H,25,28);1-2H2/b6-4-,21-18-;. The molecule has 1 N–H and O–H groups in total. The molecule has 3 rings (SSSR count). The van der Waals surface area contributed by atoms with Gasteiger partial charge in [-0.2, -0.15) is 5.26 Å². The van der Waals surface area contributed by atoms with Crippen molar-refractivity contribution in [2.45, 2.75) is 26.3 Å². The minimum Gasteiger partial charge on any atom is -0.440 e. The summed E-state index contributed by atoms with van der Waals surface area (Å²) in [6, 6.07) is 5.18. The van der Waals surface area contributed by atoms with E-state index in [0.717, 1.165) is 43.9 Å². The molecule has 2 aliphatic rings. The van der Waals surface area contributed by atoms with Crippen LogP contribution in [0.15, 0.2) is 64.8 Å². The van der Waals surface area contributed by atoms with E-state index < -0.39 is 0 Å². The molecule has 0 spiro atoms. The summed E-state index contributed by atoms with van der Waals surface area (Å²) >= 11 is 0. The molecular formula is C25H34N4O3. The van der Waals surface area contributed by atoms with Crippen LogP contribution in [0.1, 0.15) is 36.6 Å². The first-order valence-electron chi connectivity index (χ1n) is 10.9. The number of amides is 1. The first-order chi connectivity index (χ1) is 15.5. The molecule has 0 saturated carbocycles. The number of nitriles is 1. The van der Waals surface area contributed by atoms with Gasteiger partial charge in [-0.05, 0) is 56.7 Å². The third-order valence-electron chi connectivity index (χ3n) is 5.69. The van der Waals surface area contributed by atoms with Crippen LogP contribution in [0.25, 0.3) is 0 Å². The Morgan fingerprint density at radius 1 is 1.28 bits per heavy atom. The molecule has 1 saturated heterocycles. The number of carbonyl (C=O) groups is 1. The summed E-state index contributed by atoms with van der Waals surface area (Å²) in [5.74, 6) is -0.123. The van der Waals surface area contributed by atoms with E-state index in [1.807, 2.05) is 19.1 Å².